The molecule has 3 N–H and O–H groups in total. The van der Waals surface area contributed by atoms with Crippen molar-refractivity contribution in [1.82, 2.24) is 0 Å². The van der Waals surface area contributed by atoms with Gasteiger partial charge in [-0.3, -0.25) is 0 Å². The second-order valence-corrected chi connectivity index (χ2v) is 3.73. The van der Waals surface area contributed by atoms with Gasteiger partial charge in [-0.1, -0.05) is 11.6 Å². The number of aryl methyl sites for hydroxylation is 1. The molecule has 0 aromatic heterocycles. The molecular formula is C10H14ClNO. The third-order valence-corrected chi connectivity index (χ3v) is 2.67. The van der Waals surface area contributed by atoms with E-state index in [1.54, 1.807) is 6.07 Å². The minimum Gasteiger partial charge on any atom is -0.506 e. The summed E-state index contributed by atoms with van der Waals surface area (Å²) in [7, 11) is 0. The van der Waals surface area contributed by atoms with E-state index in [2.05, 4.69) is 0 Å². The first-order chi connectivity index (χ1) is 5.95. The van der Waals surface area contributed by atoms with Crippen LogP contribution in [0.3, 0.4) is 0 Å². The second-order valence-electron chi connectivity index (χ2n) is 3.35. The second kappa shape index (κ2) is 3.56. The van der Waals surface area contributed by atoms with E-state index in [1.807, 2.05) is 20.8 Å². The molecule has 1 aromatic carbocycles. The lowest BCUT2D eigenvalue weighted by molar-refractivity contribution is 0.474. The number of benzene rings is 1. The van der Waals surface area contributed by atoms with E-state index >= 15 is 0 Å². The lowest BCUT2D eigenvalue weighted by atomic mass is 9.97. The van der Waals surface area contributed by atoms with Gasteiger partial charge < -0.3 is 10.8 Å². The molecule has 1 rings (SSSR count). The summed E-state index contributed by atoms with van der Waals surface area (Å²) in [4.78, 5) is 0. The molecule has 0 heterocycles. The van der Waals surface area contributed by atoms with E-state index in [0.717, 1.165) is 16.7 Å². The maximum absolute atomic E-state index is 9.41. The predicted molar refractivity (Wildman–Crippen MR) is 55.2 cm³/mol. The molecule has 1 aromatic rings. The molecule has 13 heavy (non-hydrogen) atoms. The first-order valence-electron chi connectivity index (χ1n) is 4.19. The summed E-state index contributed by atoms with van der Waals surface area (Å²) in [5, 5.41) is 9.82. The van der Waals surface area contributed by atoms with Crippen LogP contribution in [0.15, 0.2) is 6.07 Å². The van der Waals surface area contributed by atoms with Gasteiger partial charge in [-0.2, -0.15) is 0 Å². The number of phenolic OH excluding ortho intramolecular Hbond substituents is 1. The fourth-order valence-electron chi connectivity index (χ4n) is 1.65. The van der Waals surface area contributed by atoms with E-state index in [1.165, 1.54) is 0 Å². The summed E-state index contributed by atoms with van der Waals surface area (Å²) in [5.74, 6) is 0.126. The Labute approximate surface area is 83.3 Å². The van der Waals surface area contributed by atoms with Crippen molar-refractivity contribution in [1.29, 1.82) is 0 Å². The van der Waals surface area contributed by atoms with Crippen molar-refractivity contribution in [2.75, 3.05) is 0 Å². The molecule has 1 atom stereocenters. The number of aromatic hydroxyl groups is 1. The summed E-state index contributed by atoms with van der Waals surface area (Å²) in [6.45, 7) is 5.69. The number of hydrogen-bond donors (Lipinski definition) is 2. The van der Waals surface area contributed by atoms with Crippen LogP contribution in [0, 0.1) is 13.8 Å². The molecule has 0 fully saturated rings. The van der Waals surface area contributed by atoms with Crippen molar-refractivity contribution < 1.29 is 5.11 Å². The quantitative estimate of drug-likeness (QED) is 0.731. The highest BCUT2D eigenvalue weighted by Crippen LogP contribution is 2.33. The zero-order valence-electron chi connectivity index (χ0n) is 8.06. The van der Waals surface area contributed by atoms with Crippen LogP contribution in [-0.2, 0) is 0 Å². The van der Waals surface area contributed by atoms with Crippen molar-refractivity contribution in [2.45, 2.75) is 26.8 Å². The van der Waals surface area contributed by atoms with Crippen LogP contribution in [0.1, 0.15) is 29.7 Å². The van der Waals surface area contributed by atoms with E-state index in [0.29, 0.717) is 5.02 Å². The molecule has 3 heteroatoms. The molecule has 2 nitrogen and oxygen atoms in total. The zero-order chi connectivity index (χ0) is 10.2. The van der Waals surface area contributed by atoms with E-state index in [9.17, 15) is 5.11 Å². The lowest BCUT2D eigenvalue weighted by Crippen LogP contribution is -2.09. The minimum atomic E-state index is -0.0573. The maximum atomic E-state index is 9.41. The lowest BCUT2D eigenvalue weighted by Gasteiger charge is -2.15. The van der Waals surface area contributed by atoms with Crippen LogP contribution in [0.2, 0.25) is 5.02 Å². The van der Waals surface area contributed by atoms with Crippen LogP contribution in [-0.4, -0.2) is 5.11 Å². The summed E-state index contributed by atoms with van der Waals surface area (Å²) < 4.78 is 0. The van der Waals surface area contributed by atoms with Crippen LogP contribution in [0.4, 0.5) is 0 Å². The molecule has 0 spiro atoms. The number of hydrogen-bond acceptors (Lipinski definition) is 2. The van der Waals surface area contributed by atoms with Crippen molar-refractivity contribution in [3.05, 3.63) is 27.8 Å². The number of nitrogens with two attached hydrogens (primary N) is 1. The Bertz CT molecular complexity index is 334. The average molecular weight is 200 g/mol. The topological polar surface area (TPSA) is 46.2 Å². The molecule has 0 saturated carbocycles. The highest BCUT2D eigenvalue weighted by Gasteiger charge is 2.13. The van der Waals surface area contributed by atoms with E-state index in [4.69, 9.17) is 17.3 Å². The number of phenols is 1. The summed E-state index contributed by atoms with van der Waals surface area (Å²) in [6, 6.07) is 1.59. The average Bonchev–Trinajstić information content (AvgIpc) is 1.99. The van der Waals surface area contributed by atoms with Crippen molar-refractivity contribution in [3.63, 3.8) is 0 Å². The smallest absolute Gasteiger partial charge is 0.134 e. The van der Waals surface area contributed by atoms with E-state index in [-0.39, 0.29) is 11.8 Å². The van der Waals surface area contributed by atoms with Crippen LogP contribution in [0.5, 0.6) is 5.75 Å². The standard InChI is InChI=1S/C10H14ClNO/c1-5-4-8(13)10(11)6(2)9(5)7(3)12/h4,7,13H,12H2,1-3H3. The zero-order valence-corrected chi connectivity index (χ0v) is 8.81. The van der Waals surface area contributed by atoms with Gasteiger partial charge in [-0.15, -0.1) is 0 Å². The molecule has 0 amide bonds. The van der Waals surface area contributed by atoms with Gasteiger partial charge in [0, 0.05) is 6.04 Å². The molecule has 72 valence electrons. The minimum absolute atomic E-state index is 0.0573. The molecule has 0 aliphatic heterocycles. The molecular weight excluding hydrogens is 186 g/mol. The molecule has 0 bridgehead atoms. The fourth-order valence-corrected chi connectivity index (χ4v) is 1.81. The first kappa shape index (κ1) is 10.4. The van der Waals surface area contributed by atoms with E-state index < -0.39 is 0 Å². The highest BCUT2D eigenvalue weighted by atomic mass is 35.5. The SMILES string of the molecule is Cc1cc(O)c(Cl)c(C)c1C(C)N. The van der Waals surface area contributed by atoms with Gasteiger partial charge in [0.25, 0.3) is 0 Å². The van der Waals surface area contributed by atoms with Crippen molar-refractivity contribution in [3.8, 4) is 5.75 Å². The van der Waals surface area contributed by atoms with Gasteiger partial charge in [-0.25, -0.2) is 0 Å². The Kier molecular flexibility index (Phi) is 2.84. The molecule has 0 aliphatic carbocycles. The Morgan fingerprint density at radius 1 is 1.46 bits per heavy atom. The Balaban J connectivity index is 3.44. The fraction of sp³-hybridized carbons (Fsp3) is 0.400. The Morgan fingerprint density at radius 2 is 2.00 bits per heavy atom. The van der Waals surface area contributed by atoms with Gasteiger partial charge >= 0.3 is 0 Å². The third-order valence-electron chi connectivity index (χ3n) is 2.19. The van der Waals surface area contributed by atoms with Gasteiger partial charge in [-0.05, 0) is 43.5 Å². The van der Waals surface area contributed by atoms with Crippen LogP contribution < -0.4 is 5.73 Å². The predicted octanol–water partition coefficient (Wildman–Crippen LogP) is 2.68. The van der Waals surface area contributed by atoms with Crippen LogP contribution >= 0.6 is 11.6 Å². The summed E-state index contributed by atoms with van der Waals surface area (Å²) in [5.41, 5.74) is 8.66. The Morgan fingerprint density at radius 3 is 2.46 bits per heavy atom. The first-order valence-corrected chi connectivity index (χ1v) is 4.57. The largest absolute Gasteiger partial charge is 0.506 e. The summed E-state index contributed by atoms with van der Waals surface area (Å²) in [6.07, 6.45) is 0. The molecule has 0 saturated heterocycles. The highest BCUT2D eigenvalue weighted by molar-refractivity contribution is 6.32. The third kappa shape index (κ3) is 1.79. The normalized spacial score (nSPS) is 13.0. The number of rotatable bonds is 1. The van der Waals surface area contributed by atoms with Gasteiger partial charge in [0.05, 0.1) is 5.02 Å². The van der Waals surface area contributed by atoms with Gasteiger partial charge in [0.15, 0.2) is 0 Å². The van der Waals surface area contributed by atoms with Crippen molar-refractivity contribution in [2.24, 2.45) is 5.73 Å². The van der Waals surface area contributed by atoms with Crippen molar-refractivity contribution >= 4 is 11.6 Å². The molecule has 0 aliphatic rings. The monoisotopic (exact) mass is 199 g/mol. The van der Waals surface area contributed by atoms with Gasteiger partial charge in [0.2, 0.25) is 0 Å². The molecule has 0 radical (unpaired) electrons. The Hall–Kier alpha value is -0.730. The molecule has 1 unspecified atom stereocenters. The number of halogens is 1. The maximum Gasteiger partial charge on any atom is 0.134 e. The summed E-state index contributed by atoms with van der Waals surface area (Å²) >= 11 is 5.89. The van der Waals surface area contributed by atoms with Gasteiger partial charge in [0.1, 0.15) is 5.75 Å². The van der Waals surface area contributed by atoms with Crippen LogP contribution in [0.25, 0.3) is 0 Å².